The first-order chi connectivity index (χ1) is 13.4. The van der Waals surface area contributed by atoms with Crippen molar-refractivity contribution in [3.05, 3.63) is 67.7 Å². The van der Waals surface area contributed by atoms with Gasteiger partial charge in [-0.1, -0.05) is 17.7 Å². The molecular formula is C20H20ClN3O3S. The number of hydrogen-bond donors (Lipinski definition) is 2. The van der Waals surface area contributed by atoms with Gasteiger partial charge in [0.1, 0.15) is 0 Å². The molecule has 2 N–H and O–H groups in total. The van der Waals surface area contributed by atoms with Crippen molar-refractivity contribution < 1.29 is 9.53 Å². The quantitative estimate of drug-likeness (QED) is 0.463. The fraction of sp³-hybridized carbons (Fsp3) is 0.250. The van der Waals surface area contributed by atoms with Gasteiger partial charge in [0.05, 0.1) is 10.9 Å². The second-order valence-corrected chi connectivity index (χ2v) is 7.23. The van der Waals surface area contributed by atoms with E-state index in [0.717, 1.165) is 5.56 Å². The molecule has 0 atom stereocenters. The molecule has 3 rings (SSSR count). The van der Waals surface area contributed by atoms with Gasteiger partial charge in [-0.2, -0.15) is 0 Å². The minimum Gasteiger partial charge on any atom is -0.385 e. The molecular weight excluding hydrogens is 398 g/mol. The number of carbonyl (C=O) groups excluding carboxylic acids is 1. The average molecular weight is 418 g/mol. The number of ether oxygens (including phenoxy) is 1. The molecule has 0 bridgehead atoms. The van der Waals surface area contributed by atoms with E-state index in [9.17, 15) is 9.59 Å². The lowest BCUT2D eigenvalue weighted by Crippen LogP contribution is -2.23. The largest absolute Gasteiger partial charge is 0.385 e. The van der Waals surface area contributed by atoms with Gasteiger partial charge in [-0.25, -0.2) is 0 Å². The molecule has 3 aromatic rings. The molecule has 8 heteroatoms. The van der Waals surface area contributed by atoms with Gasteiger partial charge in [-0.15, -0.1) is 0 Å². The Morgan fingerprint density at radius 1 is 1.29 bits per heavy atom. The maximum Gasteiger partial charge on any atom is 0.262 e. The van der Waals surface area contributed by atoms with Crippen LogP contribution in [-0.2, 0) is 11.3 Å². The Bertz CT molecular complexity index is 1150. The van der Waals surface area contributed by atoms with Gasteiger partial charge in [-0.05, 0) is 61.5 Å². The molecule has 2 aromatic carbocycles. The molecule has 0 aliphatic carbocycles. The molecule has 1 heterocycles. The number of aromatic nitrogens is 2. The lowest BCUT2D eigenvalue weighted by molar-refractivity contribution is 0.102. The number of fused-ring (bicyclic) bond motifs is 1. The number of rotatable bonds is 6. The van der Waals surface area contributed by atoms with E-state index in [1.807, 2.05) is 13.0 Å². The molecule has 146 valence electrons. The maximum atomic E-state index is 12.7. The molecule has 0 saturated heterocycles. The van der Waals surface area contributed by atoms with Gasteiger partial charge >= 0.3 is 0 Å². The topological polar surface area (TPSA) is 76.1 Å². The summed E-state index contributed by atoms with van der Waals surface area (Å²) in [6.45, 7) is 2.89. The third kappa shape index (κ3) is 4.32. The zero-order chi connectivity index (χ0) is 20.3. The summed E-state index contributed by atoms with van der Waals surface area (Å²) in [5.74, 6) is -0.296. The van der Waals surface area contributed by atoms with Crippen LogP contribution in [0, 0.1) is 11.7 Å². The summed E-state index contributed by atoms with van der Waals surface area (Å²) in [6, 6.07) is 10.2. The van der Waals surface area contributed by atoms with Crippen LogP contribution in [0.25, 0.3) is 10.9 Å². The first kappa shape index (κ1) is 20.3. The molecule has 0 unspecified atom stereocenters. The number of methoxy groups -OCH3 is 1. The van der Waals surface area contributed by atoms with Gasteiger partial charge in [0, 0.05) is 36.5 Å². The SMILES string of the molecule is COCCCn1c(=S)[nH]c2cc(C(=O)Nc3cc(Cl)ccc3C)ccc2c1=O. The summed E-state index contributed by atoms with van der Waals surface area (Å²) < 4.78 is 6.85. The fourth-order valence-electron chi connectivity index (χ4n) is 2.89. The second-order valence-electron chi connectivity index (χ2n) is 6.41. The molecule has 0 radical (unpaired) electrons. The summed E-state index contributed by atoms with van der Waals surface area (Å²) >= 11 is 11.3. The van der Waals surface area contributed by atoms with Crippen LogP contribution in [0.3, 0.4) is 0 Å². The zero-order valence-electron chi connectivity index (χ0n) is 15.5. The van der Waals surface area contributed by atoms with E-state index in [-0.39, 0.29) is 11.5 Å². The van der Waals surface area contributed by atoms with E-state index in [1.54, 1.807) is 37.4 Å². The second kappa shape index (κ2) is 8.68. The van der Waals surface area contributed by atoms with Crippen molar-refractivity contribution in [3.8, 4) is 0 Å². The number of anilines is 1. The first-order valence-electron chi connectivity index (χ1n) is 8.74. The fourth-order valence-corrected chi connectivity index (χ4v) is 3.35. The van der Waals surface area contributed by atoms with Crippen LogP contribution in [0.1, 0.15) is 22.3 Å². The normalized spacial score (nSPS) is 11.0. The Kier molecular flexibility index (Phi) is 6.28. The highest BCUT2D eigenvalue weighted by molar-refractivity contribution is 7.71. The number of amides is 1. The van der Waals surface area contributed by atoms with Crippen LogP contribution in [0.15, 0.2) is 41.2 Å². The molecule has 1 amide bonds. The number of halogens is 1. The Balaban J connectivity index is 1.93. The molecule has 1 aromatic heterocycles. The van der Waals surface area contributed by atoms with Crippen molar-refractivity contribution in [3.63, 3.8) is 0 Å². The zero-order valence-corrected chi connectivity index (χ0v) is 17.1. The minimum atomic E-state index is -0.296. The number of nitrogens with one attached hydrogen (secondary N) is 2. The van der Waals surface area contributed by atoms with E-state index in [1.165, 1.54) is 4.57 Å². The van der Waals surface area contributed by atoms with Crippen molar-refractivity contribution in [2.75, 3.05) is 19.0 Å². The molecule has 6 nitrogen and oxygen atoms in total. The summed E-state index contributed by atoms with van der Waals surface area (Å²) in [5.41, 5.74) is 2.28. The number of nitrogens with zero attached hydrogens (tertiary/aromatic N) is 1. The first-order valence-corrected chi connectivity index (χ1v) is 9.52. The number of hydrogen-bond acceptors (Lipinski definition) is 4. The highest BCUT2D eigenvalue weighted by Crippen LogP contribution is 2.21. The van der Waals surface area contributed by atoms with Crippen LogP contribution in [0.2, 0.25) is 5.02 Å². The van der Waals surface area contributed by atoms with E-state index in [4.69, 9.17) is 28.6 Å². The van der Waals surface area contributed by atoms with E-state index in [2.05, 4.69) is 10.3 Å². The highest BCUT2D eigenvalue weighted by atomic mass is 35.5. The molecule has 0 saturated carbocycles. The lowest BCUT2D eigenvalue weighted by atomic mass is 10.1. The highest BCUT2D eigenvalue weighted by Gasteiger charge is 2.12. The Morgan fingerprint density at radius 2 is 2.07 bits per heavy atom. The number of benzene rings is 2. The third-order valence-corrected chi connectivity index (χ3v) is 4.98. The summed E-state index contributed by atoms with van der Waals surface area (Å²) in [6.07, 6.45) is 0.679. The van der Waals surface area contributed by atoms with Crippen molar-refractivity contribution in [2.45, 2.75) is 19.9 Å². The number of aromatic amines is 1. The third-order valence-electron chi connectivity index (χ3n) is 4.42. The van der Waals surface area contributed by atoms with Crippen LogP contribution in [0.4, 0.5) is 5.69 Å². The molecule has 0 fully saturated rings. The Hall–Kier alpha value is -2.48. The minimum absolute atomic E-state index is 0.188. The Morgan fingerprint density at radius 3 is 2.82 bits per heavy atom. The van der Waals surface area contributed by atoms with Gasteiger partial charge in [0.2, 0.25) is 0 Å². The van der Waals surface area contributed by atoms with E-state index < -0.39 is 0 Å². The van der Waals surface area contributed by atoms with Crippen molar-refractivity contribution >= 4 is 46.3 Å². The van der Waals surface area contributed by atoms with E-state index in [0.29, 0.717) is 51.5 Å². The number of H-pyrrole nitrogens is 1. The predicted octanol–water partition coefficient (Wildman–Crippen LogP) is 4.31. The molecule has 0 spiro atoms. The van der Waals surface area contributed by atoms with Crippen LogP contribution in [-0.4, -0.2) is 29.2 Å². The number of aryl methyl sites for hydroxylation is 1. The summed E-state index contributed by atoms with van der Waals surface area (Å²) in [7, 11) is 1.61. The molecule has 0 aliphatic rings. The summed E-state index contributed by atoms with van der Waals surface area (Å²) in [5, 5.41) is 3.86. The average Bonchev–Trinajstić information content (AvgIpc) is 2.67. The van der Waals surface area contributed by atoms with Crippen LogP contribution < -0.4 is 10.9 Å². The van der Waals surface area contributed by atoms with Crippen molar-refractivity contribution in [1.82, 2.24) is 9.55 Å². The van der Waals surface area contributed by atoms with Crippen molar-refractivity contribution in [2.24, 2.45) is 0 Å². The smallest absolute Gasteiger partial charge is 0.262 e. The van der Waals surface area contributed by atoms with Crippen LogP contribution >= 0.6 is 23.8 Å². The van der Waals surface area contributed by atoms with Gasteiger partial charge < -0.3 is 15.0 Å². The standard InChI is InChI=1S/C20H20ClN3O3S/c1-12-4-6-14(21)11-16(12)22-18(25)13-5-7-15-17(10-13)23-20(28)24(19(15)26)8-3-9-27-2/h4-7,10-11H,3,8-9H2,1-2H3,(H,22,25)(H,23,28). The summed E-state index contributed by atoms with van der Waals surface area (Å²) in [4.78, 5) is 28.4. The molecule has 0 aliphatic heterocycles. The predicted molar refractivity (Wildman–Crippen MR) is 114 cm³/mol. The van der Waals surface area contributed by atoms with Crippen LogP contribution in [0.5, 0.6) is 0 Å². The van der Waals surface area contributed by atoms with E-state index >= 15 is 0 Å². The van der Waals surface area contributed by atoms with Gasteiger partial charge in [-0.3, -0.25) is 14.2 Å². The van der Waals surface area contributed by atoms with Gasteiger partial charge in [0.15, 0.2) is 4.77 Å². The Labute approximate surface area is 172 Å². The van der Waals surface area contributed by atoms with Crippen molar-refractivity contribution in [1.29, 1.82) is 0 Å². The maximum absolute atomic E-state index is 12.7. The number of carbonyl (C=O) groups is 1. The lowest BCUT2D eigenvalue weighted by Gasteiger charge is -2.11. The monoisotopic (exact) mass is 417 g/mol. The molecule has 28 heavy (non-hydrogen) atoms. The van der Waals surface area contributed by atoms with Gasteiger partial charge in [0.25, 0.3) is 11.5 Å².